The number of nitrogens with zero attached hydrogens (tertiary/aromatic N) is 2. The highest BCUT2D eigenvalue weighted by Crippen LogP contribution is 2.05. The Labute approximate surface area is 99.4 Å². The number of pyridine rings is 1. The van der Waals surface area contributed by atoms with E-state index in [1.54, 1.807) is 13.0 Å². The van der Waals surface area contributed by atoms with Crippen LogP contribution in [0.4, 0.5) is 5.69 Å². The summed E-state index contributed by atoms with van der Waals surface area (Å²) in [5, 5.41) is 0. The number of hydrogen-bond acceptors (Lipinski definition) is 5. The highest BCUT2D eigenvalue weighted by molar-refractivity contribution is 5.94. The summed E-state index contributed by atoms with van der Waals surface area (Å²) in [5.74, 6) is -0.784. The molecule has 6 heteroatoms. The first-order chi connectivity index (χ1) is 8.08. The van der Waals surface area contributed by atoms with Crippen molar-refractivity contribution < 1.29 is 14.3 Å². The van der Waals surface area contributed by atoms with Crippen molar-refractivity contribution in [3.8, 4) is 0 Å². The number of aromatic nitrogens is 1. The van der Waals surface area contributed by atoms with Gasteiger partial charge in [0.15, 0.2) is 0 Å². The molecule has 0 spiro atoms. The number of amides is 1. The lowest BCUT2D eigenvalue weighted by Crippen LogP contribution is -2.36. The number of nitrogens with two attached hydrogens (primary N) is 1. The Bertz CT molecular complexity index is 403. The third kappa shape index (κ3) is 3.44. The van der Waals surface area contributed by atoms with Gasteiger partial charge in [-0.25, -0.2) is 4.98 Å². The van der Waals surface area contributed by atoms with Crippen LogP contribution in [0.15, 0.2) is 18.3 Å². The lowest BCUT2D eigenvalue weighted by molar-refractivity contribution is -0.141. The van der Waals surface area contributed by atoms with Crippen molar-refractivity contribution in [1.29, 1.82) is 0 Å². The van der Waals surface area contributed by atoms with Gasteiger partial charge in [-0.15, -0.1) is 0 Å². The van der Waals surface area contributed by atoms with Crippen molar-refractivity contribution in [2.75, 3.05) is 25.9 Å². The lowest BCUT2D eigenvalue weighted by atomic mass is 10.3. The first kappa shape index (κ1) is 13.0. The molecule has 0 aliphatic carbocycles. The van der Waals surface area contributed by atoms with E-state index in [2.05, 4.69) is 9.72 Å². The minimum Gasteiger partial charge on any atom is -0.468 e. The van der Waals surface area contributed by atoms with Crippen LogP contribution in [0.1, 0.15) is 17.4 Å². The maximum Gasteiger partial charge on any atom is 0.325 e. The van der Waals surface area contributed by atoms with Crippen LogP contribution in [0.5, 0.6) is 0 Å². The smallest absolute Gasteiger partial charge is 0.325 e. The van der Waals surface area contributed by atoms with E-state index in [1.807, 2.05) is 0 Å². The summed E-state index contributed by atoms with van der Waals surface area (Å²) in [6, 6.07) is 3.11. The first-order valence-corrected chi connectivity index (χ1v) is 5.16. The van der Waals surface area contributed by atoms with E-state index in [9.17, 15) is 9.59 Å². The zero-order valence-electron chi connectivity index (χ0n) is 9.84. The monoisotopic (exact) mass is 237 g/mol. The van der Waals surface area contributed by atoms with Gasteiger partial charge in [0.1, 0.15) is 12.2 Å². The van der Waals surface area contributed by atoms with Crippen LogP contribution in [0, 0.1) is 0 Å². The summed E-state index contributed by atoms with van der Waals surface area (Å²) in [7, 11) is 1.28. The number of likely N-dealkylation sites (N-methyl/N-ethyl adjacent to an activating group) is 1. The van der Waals surface area contributed by atoms with Gasteiger partial charge in [-0.05, 0) is 19.1 Å². The second kappa shape index (κ2) is 5.83. The van der Waals surface area contributed by atoms with Gasteiger partial charge in [0, 0.05) is 6.54 Å². The molecule has 0 unspecified atom stereocenters. The zero-order valence-corrected chi connectivity index (χ0v) is 9.84. The van der Waals surface area contributed by atoms with E-state index in [0.717, 1.165) is 0 Å². The minimum absolute atomic E-state index is 0.0854. The van der Waals surface area contributed by atoms with Crippen molar-refractivity contribution >= 4 is 17.6 Å². The van der Waals surface area contributed by atoms with Crippen molar-refractivity contribution in [3.05, 3.63) is 24.0 Å². The van der Waals surface area contributed by atoms with Crippen LogP contribution in [0.25, 0.3) is 0 Å². The van der Waals surface area contributed by atoms with Crippen LogP contribution >= 0.6 is 0 Å². The Hall–Kier alpha value is -2.11. The van der Waals surface area contributed by atoms with Crippen molar-refractivity contribution in [1.82, 2.24) is 9.88 Å². The second-order valence-electron chi connectivity index (χ2n) is 3.37. The number of anilines is 1. The number of rotatable bonds is 4. The number of methoxy groups -OCH3 is 1. The molecule has 2 N–H and O–H groups in total. The lowest BCUT2D eigenvalue weighted by Gasteiger charge is -2.18. The summed E-state index contributed by atoms with van der Waals surface area (Å²) in [6.45, 7) is 2.09. The fraction of sp³-hybridized carbons (Fsp3) is 0.364. The summed E-state index contributed by atoms with van der Waals surface area (Å²) < 4.78 is 4.51. The van der Waals surface area contributed by atoms with Crippen molar-refractivity contribution in [2.24, 2.45) is 0 Å². The van der Waals surface area contributed by atoms with Gasteiger partial charge in [0.25, 0.3) is 5.91 Å². The number of nitrogen functional groups attached to an aromatic ring is 1. The standard InChI is InChI=1S/C11H15N3O3/c1-3-14(7-10(15)17-2)11(16)9-5-4-8(12)6-13-9/h4-6H,3,7,12H2,1-2H3. The summed E-state index contributed by atoms with van der Waals surface area (Å²) in [5.41, 5.74) is 6.21. The van der Waals surface area contributed by atoms with Gasteiger partial charge in [-0.1, -0.05) is 0 Å². The van der Waals surface area contributed by atoms with E-state index < -0.39 is 5.97 Å². The molecule has 1 rings (SSSR count). The molecule has 0 atom stereocenters. The van der Waals surface area contributed by atoms with E-state index in [0.29, 0.717) is 12.2 Å². The van der Waals surface area contributed by atoms with E-state index in [4.69, 9.17) is 5.73 Å². The molecule has 0 radical (unpaired) electrons. The molecule has 1 aromatic rings. The average molecular weight is 237 g/mol. The molecule has 0 saturated heterocycles. The number of ether oxygens (including phenoxy) is 1. The van der Waals surface area contributed by atoms with Gasteiger partial charge in [-0.2, -0.15) is 0 Å². The Balaban J connectivity index is 2.78. The molecule has 0 aliphatic heterocycles. The van der Waals surface area contributed by atoms with Crippen LogP contribution in [0.3, 0.4) is 0 Å². The predicted octanol–water partition coefficient (Wildman–Crippen LogP) is 0.299. The number of hydrogen-bond donors (Lipinski definition) is 1. The molecule has 1 amide bonds. The Kier molecular flexibility index (Phi) is 4.45. The number of esters is 1. The molecular formula is C11H15N3O3. The average Bonchev–Trinajstić information content (AvgIpc) is 2.35. The topological polar surface area (TPSA) is 85.5 Å². The van der Waals surface area contributed by atoms with Crippen molar-refractivity contribution in [2.45, 2.75) is 6.92 Å². The molecule has 0 saturated carbocycles. The third-order valence-corrected chi connectivity index (χ3v) is 2.22. The highest BCUT2D eigenvalue weighted by Gasteiger charge is 2.18. The molecule has 6 nitrogen and oxygen atoms in total. The minimum atomic E-state index is -0.462. The van der Waals surface area contributed by atoms with Gasteiger partial charge >= 0.3 is 5.97 Å². The van der Waals surface area contributed by atoms with Crippen LogP contribution in [-0.2, 0) is 9.53 Å². The van der Waals surface area contributed by atoms with Gasteiger partial charge in [0.05, 0.1) is 19.0 Å². The molecule has 17 heavy (non-hydrogen) atoms. The molecule has 0 aliphatic rings. The highest BCUT2D eigenvalue weighted by atomic mass is 16.5. The van der Waals surface area contributed by atoms with Crippen LogP contribution in [-0.4, -0.2) is 42.0 Å². The summed E-state index contributed by atoms with van der Waals surface area (Å²) >= 11 is 0. The third-order valence-electron chi connectivity index (χ3n) is 2.22. The SMILES string of the molecule is CCN(CC(=O)OC)C(=O)c1ccc(N)cn1. The molecule has 0 bridgehead atoms. The summed E-state index contributed by atoms with van der Waals surface area (Å²) in [6.07, 6.45) is 1.40. The molecule has 0 aromatic carbocycles. The number of carbonyl (C=O) groups excluding carboxylic acids is 2. The quantitative estimate of drug-likeness (QED) is 0.761. The van der Waals surface area contributed by atoms with Gasteiger partial charge in [-0.3, -0.25) is 9.59 Å². The Morgan fingerprint density at radius 1 is 1.47 bits per heavy atom. The van der Waals surface area contributed by atoms with Gasteiger partial charge in [0.2, 0.25) is 0 Å². The van der Waals surface area contributed by atoms with Crippen LogP contribution in [0.2, 0.25) is 0 Å². The first-order valence-electron chi connectivity index (χ1n) is 5.16. The van der Waals surface area contributed by atoms with Crippen LogP contribution < -0.4 is 5.73 Å². The summed E-state index contributed by atoms with van der Waals surface area (Å²) in [4.78, 5) is 28.3. The molecule has 0 fully saturated rings. The molecule has 1 heterocycles. The molecule has 92 valence electrons. The van der Waals surface area contributed by atoms with Crippen molar-refractivity contribution in [3.63, 3.8) is 0 Å². The normalized spacial score (nSPS) is 9.76. The fourth-order valence-corrected chi connectivity index (χ4v) is 1.24. The van der Waals surface area contributed by atoms with E-state index >= 15 is 0 Å². The van der Waals surface area contributed by atoms with Gasteiger partial charge < -0.3 is 15.4 Å². The molecular weight excluding hydrogens is 222 g/mol. The maximum absolute atomic E-state index is 12.0. The number of carbonyl (C=O) groups is 2. The zero-order chi connectivity index (χ0) is 12.8. The predicted molar refractivity (Wildman–Crippen MR) is 62.2 cm³/mol. The Morgan fingerprint density at radius 3 is 2.65 bits per heavy atom. The largest absolute Gasteiger partial charge is 0.468 e. The van der Waals surface area contributed by atoms with E-state index in [1.165, 1.54) is 24.3 Å². The second-order valence-corrected chi connectivity index (χ2v) is 3.37. The Morgan fingerprint density at radius 2 is 2.18 bits per heavy atom. The molecule has 1 aromatic heterocycles. The maximum atomic E-state index is 12.0. The van der Waals surface area contributed by atoms with E-state index in [-0.39, 0.29) is 18.1 Å². The fourth-order valence-electron chi connectivity index (χ4n) is 1.24.